The third-order valence-corrected chi connectivity index (χ3v) is 2.64. The Hall–Kier alpha value is -0.0400. The van der Waals surface area contributed by atoms with Crippen LogP contribution < -0.4 is 0 Å². The summed E-state index contributed by atoms with van der Waals surface area (Å²) in [4.78, 5) is 2.28. The molecule has 0 aromatic heterocycles. The van der Waals surface area contributed by atoms with E-state index in [2.05, 4.69) is 32.8 Å². The molecule has 0 aromatic rings. The van der Waals surface area contributed by atoms with Crippen molar-refractivity contribution in [3.05, 3.63) is 0 Å². The second-order valence-corrected chi connectivity index (χ2v) is 5.11. The molecule has 0 heterocycles. The molecule has 0 radical (unpaired) electrons. The minimum Gasteiger partial charge on any atom is -0.309 e. The molecule has 0 aliphatic carbocycles. The lowest BCUT2D eigenvalue weighted by atomic mass is 10.0. The van der Waals surface area contributed by atoms with E-state index < -0.39 is 0 Å². The summed E-state index contributed by atoms with van der Waals surface area (Å²) in [6, 6.07) is 0. The first-order valence-electron chi connectivity index (χ1n) is 6.27. The number of unbranched alkanes of at least 4 members (excludes halogenated alkanes) is 5. The molecule has 0 fully saturated rings. The Morgan fingerprint density at radius 1 is 0.786 bits per heavy atom. The highest BCUT2D eigenvalue weighted by Gasteiger charge is 1.95. The van der Waals surface area contributed by atoms with Crippen LogP contribution in [-0.2, 0) is 0 Å². The Morgan fingerprint density at radius 3 is 1.79 bits per heavy atom. The molecule has 0 rings (SSSR count). The Kier molecular flexibility index (Phi) is 9.49. The first-order valence-corrected chi connectivity index (χ1v) is 6.27. The summed E-state index contributed by atoms with van der Waals surface area (Å²) in [5.74, 6) is 0.892. The monoisotopic (exact) mass is 199 g/mol. The van der Waals surface area contributed by atoms with Gasteiger partial charge < -0.3 is 4.90 Å². The van der Waals surface area contributed by atoms with Gasteiger partial charge in [0.15, 0.2) is 0 Å². The van der Waals surface area contributed by atoms with Crippen LogP contribution in [0.4, 0.5) is 0 Å². The quantitative estimate of drug-likeness (QED) is 0.508. The minimum atomic E-state index is 0.892. The molecule has 0 aliphatic heterocycles. The van der Waals surface area contributed by atoms with E-state index in [-0.39, 0.29) is 0 Å². The zero-order chi connectivity index (χ0) is 10.8. The predicted octanol–water partition coefficient (Wildman–Crippen LogP) is 3.93. The van der Waals surface area contributed by atoms with Crippen LogP contribution in [0, 0.1) is 5.92 Å². The van der Waals surface area contributed by atoms with E-state index in [1.165, 1.54) is 51.5 Å². The molecule has 0 atom stereocenters. The first-order chi connectivity index (χ1) is 6.63. The van der Waals surface area contributed by atoms with Crippen molar-refractivity contribution in [2.45, 2.75) is 58.8 Å². The lowest BCUT2D eigenvalue weighted by molar-refractivity contribution is 0.388. The van der Waals surface area contributed by atoms with Crippen LogP contribution in [0.5, 0.6) is 0 Å². The molecule has 0 bridgehead atoms. The van der Waals surface area contributed by atoms with E-state index in [4.69, 9.17) is 0 Å². The van der Waals surface area contributed by atoms with Gasteiger partial charge in [0, 0.05) is 0 Å². The van der Waals surface area contributed by atoms with Crippen LogP contribution in [0.15, 0.2) is 0 Å². The second kappa shape index (κ2) is 9.51. The summed E-state index contributed by atoms with van der Waals surface area (Å²) in [5, 5.41) is 0. The first kappa shape index (κ1) is 14.0. The maximum atomic E-state index is 2.32. The van der Waals surface area contributed by atoms with Crippen molar-refractivity contribution < 1.29 is 0 Å². The minimum absolute atomic E-state index is 0.892. The molecule has 1 heteroatoms. The van der Waals surface area contributed by atoms with Crippen molar-refractivity contribution in [1.82, 2.24) is 4.90 Å². The zero-order valence-electron chi connectivity index (χ0n) is 10.7. The Bertz CT molecular complexity index is 93.8. The fraction of sp³-hybridized carbons (Fsp3) is 1.00. The van der Waals surface area contributed by atoms with Gasteiger partial charge in [0.2, 0.25) is 0 Å². The molecule has 86 valence electrons. The van der Waals surface area contributed by atoms with E-state index in [9.17, 15) is 0 Å². The molecule has 0 spiro atoms. The summed E-state index contributed by atoms with van der Waals surface area (Å²) in [7, 11) is 4.31. The van der Waals surface area contributed by atoms with Crippen molar-refractivity contribution in [3.63, 3.8) is 0 Å². The van der Waals surface area contributed by atoms with Crippen LogP contribution in [0.1, 0.15) is 58.8 Å². The fourth-order valence-corrected chi connectivity index (χ4v) is 1.69. The summed E-state index contributed by atoms with van der Waals surface area (Å²) in [6.07, 6.45) is 9.96. The van der Waals surface area contributed by atoms with E-state index in [1.807, 2.05) is 0 Å². The maximum absolute atomic E-state index is 2.32. The van der Waals surface area contributed by atoms with Gasteiger partial charge in [-0.25, -0.2) is 0 Å². The van der Waals surface area contributed by atoms with Crippen molar-refractivity contribution in [2.24, 2.45) is 5.92 Å². The molecule has 0 saturated heterocycles. The maximum Gasteiger partial charge on any atom is -0.00248 e. The Labute approximate surface area is 90.9 Å². The van der Waals surface area contributed by atoms with Gasteiger partial charge in [-0.15, -0.1) is 0 Å². The summed E-state index contributed by atoms with van der Waals surface area (Å²) < 4.78 is 0. The lowest BCUT2D eigenvalue weighted by Crippen LogP contribution is -2.12. The van der Waals surface area contributed by atoms with Crippen molar-refractivity contribution >= 4 is 0 Å². The van der Waals surface area contributed by atoms with Crippen LogP contribution in [-0.4, -0.2) is 25.5 Å². The number of nitrogens with zero attached hydrogens (tertiary/aromatic N) is 1. The van der Waals surface area contributed by atoms with Gasteiger partial charge in [-0.05, 0) is 33.0 Å². The van der Waals surface area contributed by atoms with Gasteiger partial charge in [0.25, 0.3) is 0 Å². The highest BCUT2D eigenvalue weighted by molar-refractivity contribution is 4.50. The zero-order valence-corrected chi connectivity index (χ0v) is 10.7. The van der Waals surface area contributed by atoms with Crippen LogP contribution in [0.2, 0.25) is 0 Å². The molecule has 0 saturated carbocycles. The largest absolute Gasteiger partial charge is 0.309 e. The SMILES string of the molecule is CC(C)CCCCCCCCN(C)C. The predicted molar refractivity (Wildman–Crippen MR) is 65.7 cm³/mol. The molecule has 0 N–H and O–H groups in total. The average Bonchev–Trinajstić information content (AvgIpc) is 2.08. The van der Waals surface area contributed by atoms with Crippen molar-refractivity contribution in [2.75, 3.05) is 20.6 Å². The van der Waals surface area contributed by atoms with Gasteiger partial charge in [-0.3, -0.25) is 0 Å². The highest BCUT2D eigenvalue weighted by Crippen LogP contribution is 2.11. The lowest BCUT2D eigenvalue weighted by Gasteiger charge is -2.08. The molecule has 0 amide bonds. The summed E-state index contributed by atoms with van der Waals surface area (Å²) in [6.45, 7) is 5.89. The standard InChI is InChI=1S/C13H29N/c1-13(2)11-9-7-5-6-8-10-12-14(3)4/h13H,5-12H2,1-4H3. The van der Waals surface area contributed by atoms with Crippen molar-refractivity contribution in [1.29, 1.82) is 0 Å². The third kappa shape index (κ3) is 12.0. The Balaban J connectivity index is 2.92. The molecule has 0 unspecified atom stereocenters. The van der Waals surface area contributed by atoms with Crippen LogP contribution in [0.25, 0.3) is 0 Å². The smallest absolute Gasteiger partial charge is 0.00248 e. The second-order valence-electron chi connectivity index (χ2n) is 5.11. The molecule has 1 nitrogen and oxygen atoms in total. The van der Waals surface area contributed by atoms with Gasteiger partial charge in [-0.1, -0.05) is 52.4 Å². The van der Waals surface area contributed by atoms with Gasteiger partial charge in [0.1, 0.15) is 0 Å². The Morgan fingerprint density at radius 2 is 1.29 bits per heavy atom. The molecular weight excluding hydrogens is 170 g/mol. The fourth-order valence-electron chi connectivity index (χ4n) is 1.69. The van der Waals surface area contributed by atoms with E-state index in [0.29, 0.717) is 0 Å². The van der Waals surface area contributed by atoms with Crippen LogP contribution >= 0.6 is 0 Å². The molecule has 14 heavy (non-hydrogen) atoms. The molecule has 0 aromatic carbocycles. The average molecular weight is 199 g/mol. The van der Waals surface area contributed by atoms with E-state index in [1.54, 1.807) is 0 Å². The van der Waals surface area contributed by atoms with Gasteiger partial charge in [-0.2, -0.15) is 0 Å². The molecule has 0 aliphatic rings. The third-order valence-electron chi connectivity index (χ3n) is 2.64. The number of rotatable bonds is 9. The van der Waals surface area contributed by atoms with Gasteiger partial charge >= 0.3 is 0 Å². The van der Waals surface area contributed by atoms with E-state index >= 15 is 0 Å². The number of hydrogen-bond donors (Lipinski definition) is 0. The number of hydrogen-bond acceptors (Lipinski definition) is 1. The van der Waals surface area contributed by atoms with E-state index in [0.717, 1.165) is 5.92 Å². The normalized spacial score (nSPS) is 11.6. The van der Waals surface area contributed by atoms with Gasteiger partial charge in [0.05, 0.1) is 0 Å². The summed E-state index contributed by atoms with van der Waals surface area (Å²) in [5.41, 5.74) is 0. The summed E-state index contributed by atoms with van der Waals surface area (Å²) >= 11 is 0. The topological polar surface area (TPSA) is 3.24 Å². The highest BCUT2D eigenvalue weighted by atomic mass is 15.0. The molecular formula is C13H29N. The van der Waals surface area contributed by atoms with Crippen LogP contribution in [0.3, 0.4) is 0 Å². The van der Waals surface area contributed by atoms with Crippen molar-refractivity contribution in [3.8, 4) is 0 Å².